The van der Waals surface area contributed by atoms with Gasteiger partial charge in [0.2, 0.25) is 6.79 Å². The Morgan fingerprint density at radius 2 is 1.91 bits per heavy atom. The van der Waals surface area contributed by atoms with Gasteiger partial charge in [0.25, 0.3) is 0 Å². The first-order chi connectivity index (χ1) is 16.7. The molecule has 0 bridgehead atoms. The Labute approximate surface area is 199 Å². The van der Waals surface area contributed by atoms with Crippen LogP contribution in [-0.4, -0.2) is 52.2 Å². The minimum absolute atomic E-state index is 0.317. The quantitative estimate of drug-likeness (QED) is 0.448. The smallest absolute Gasteiger partial charge is 0.231 e. The highest BCUT2D eigenvalue weighted by atomic mass is 16.7. The second kappa shape index (κ2) is 8.98. The van der Waals surface area contributed by atoms with Crippen molar-refractivity contribution >= 4 is 24.8 Å². The van der Waals surface area contributed by atoms with Gasteiger partial charge in [0.15, 0.2) is 17.1 Å². The van der Waals surface area contributed by atoms with Crippen molar-refractivity contribution in [3.05, 3.63) is 71.8 Å². The summed E-state index contributed by atoms with van der Waals surface area (Å²) in [6.45, 7) is 4.03. The van der Waals surface area contributed by atoms with Gasteiger partial charge >= 0.3 is 0 Å². The lowest BCUT2D eigenvalue weighted by atomic mass is 9.92. The van der Waals surface area contributed by atoms with Crippen LogP contribution in [0.1, 0.15) is 35.6 Å². The third kappa shape index (κ3) is 4.19. The van der Waals surface area contributed by atoms with Crippen LogP contribution in [-0.2, 0) is 13.1 Å². The van der Waals surface area contributed by atoms with Crippen LogP contribution >= 0.6 is 0 Å². The SMILES string of the molecule is Bc1cnn2c(NCc3cccnc3)cc(C3CCN(Cc4ccc5c(c4)OCO5)CC3)nc12. The zero-order valence-electron chi connectivity index (χ0n) is 19.3. The summed E-state index contributed by atoms with van der Waals surface area (Å²) in [4.78, 5) is 11.7. The van der Waals surface area contributed by atoms with E-state index in [0.717, 1.165) is 72.2 Å². The lowest BCUT2D eigenvalue weighted by Crippen LogP contribution is -2.32. The van der Waals surface area contributed by atoms with E-state index in [9.17, 15) is 0 Å². The molecule has 0 radical (unpaired) electrons. The van der Waals surface area contributed by atoms with Crippen molar-refractivity contribution in [2.45, 2.75) is 31.8 Å². The van der Waals surface area contributed by atoms with Crippen LogP contribution in [0.5, 0.6) is 11.5 Å². The van der Waals surface area contributed by atoms with Crippen molar-refractivity contribution in [1.82, 2.24) is 24.5 Å². The molecule has 0 amide bonds. The molecule has 0 saturated carbocycles. The number of piperidine rings is 1. The van der Waals surface area contributed by atoms with Gasteiger partial charge in [-0.15, -0.1) is 0 Å². The van der Waals surface area contributed by atoms with Gasteiger partial charge < -0.3 is 14.8 Å². The fourth-order valence-electron chi connectivity index (χ4n) is 4.81. The number of rotatable bonds is 6. The first kappa shape index (κ1) is 21.0. The lowest BCUT2D eigenvalue weighted by Gasteiger charge is -2.32. The Bertz CT molecular complexity index is 1300. The summed E-state index contributed by atoms with van der Waals surface area (Å²) in [5, 5.41) is 8.10. The molecule has 6 rings (SSSR count). The van der Waals surface area contributed by atoms with Gasteiger partial charge in [-0.25, -0.2) is 4.98 Å². The summed E-state index contributed by atoms with van der Waals surface area (Å²) in [5.41, 5.74) is 5.56. The Morgan fingerprint density at radius 3 is 2.76 bits per heavy atom. The third-order valence-electron chi connectivity index (χ3n) is 6.71. The summed E-state index contributed by atoms with van der Waals surface area (Å²) in [5.74, 6) is 3.10. The van der Waals surface area contributed by atoms with Gasteiger partial charge in [-0.1, -0.05) is 12.1 Å². The summed E-state index contributed by atoms with van der Waals surface area (Å²) in [7, 11) is 2.07. The number of pyridine rings is 1. The van der Waals surface area contributed by atoms with E-state index in [1.54, 1.807) is 6.20 Å². The number of hydrogen-bond donors (Lipinski definition) is 1. The van der Waals surface area contributed by atoms with Crippen molar-refractivity contribution in [1.29, 1.82) is 0 Å². The van der Waals surface area contributed by atoms with Crippen LogP contribution in [0.15, 0.2) is 55.0 Å². The number of aromatic nitrogens is 4. The van der Waals surface area contributed by atoms with Crippen LogP contribution in [0.3, 0.4) is 0 Å². The molecule has 34 heavy (non-hydrogen) atoms. The number of nitrogens with one attached hydrogen (secondary N) is 1. The minimum Gasteiger partial charge on any atom is -0.454 e. The molecule has 0 unspecified atom stereocenters. The second-order valence-electron chi connectivity index (χ2n) is 9.08. The Balaban J connectivity index is 1.16. The average molecular weight is 454 g/mol. The molecule has 0 atom stereocenters. The minimum atomic E-state index is 0.317. The van der Waals surface area contributed by atoms with Crippen LogP contribution in [0, 0.1) is 0 Å². The molecule has 2 aliphatic heterocycles. The van der Waals surface area contributed by atoms with Crippen molar-refractivity contribution in [3.63, 3.8) is 0 Å². The van der Waals surface area contributed by atoms with Gasteiger partial charge in [-0.2, -0.15) is 9.61 Å². The number of anilines is 1. The lowest BCUT2D eigenvalue weighted by molar-refractivity contribution is 0.173. The van der Waals surface area contributed by atoms with Crippen molar-refractivity contribution in [2.24, 2.45) is 0 Å². The zero-order chi connectivity index (χ0) is 22.9. The Hall–Kier alpha value is -3.59. The molecule has 8 nitrogen and oxygen atoms in total. The number of fused-ring (bicyclic) bond motifs is 2. The van der Waals surface area contributed by atoms with E-state index < -0.39 is 0 Å². The van der Waals surface area contributed by atoms with E-state index >= 15 is 0 Å². The molecule has 1 fully saturated rings. The van der Waals surface area contributed by atoms with Crippen LogP contribution in [0.2, 0.25) is 0 Å². The molecule has 5 heterocycles. The molecule has 3 aromatic heterocycles. The fourth-order valence-corrected chi connectivity index (χ4v) is 4.81. The molecule has 1 aromatic carbocycles. The van der Waals surface area contributed by atoms with Gasteiger partial charge in [-0.3, -0.25) is 9.88 Å². The highest BCUT2D eigenvalue weighted by Gasteiger charge is 2.24. The van der Waals surface area contributed by atoms with Crippen LogP contribution in [0.25, 0.3) is 5.65 Å². The van der Waals surface area contributed by atoms with E-state index in [2.05, 4.69) is 52.4 Å². The number of hydrogen-bond acceptors (Lipinski definition) is 7. The zero-order valence-corrected chi connectivity index (χ0v) is 19.3. The van der Waals surface area contributed by atoms with Gasteiger partial charge in [0, 0.05) is 49.4 Å². The number of nitrogens with zero attached hydrogens (tertiary/aromatic N) is 5. The number of benzene rings is 1. The highest BCUT2D eigenvalue weighted by molar-refractivity contribution is 6.36. The van der Waals surface area contributed by atoms with E-state index in [-0.39, 0.29) is 0 Å². The maximum absolute atomic E-state index is 5.54. The molecule has 172 valence electrons. The summed E-state index contributed by atoms with van der Waals surface area (Å²) in [6.07, 6.45) is 7.74. The Kier molecular flexibility index (Phi) is 5.54. The van der Waals surface area contributed by atoms with Gasteiger partial charge in [0.1, 0.15) is 13.7 Å². The van der Waals surface area contributed by atoms with Gasteiger partial charge in [0.05, 0.1) is 0 Å². The van der Waals surface area contributed by atoms with Crippen molar-refractivity contribution < 1.29 is 9.47 Å². The summed E-state index contributed by atoms with van der Waals surface area (Å²) >= 11 is 0. The fraction of sp³-hybridized carbons (Fsp3) is 0.320. The van der Waals surface area contributed by atoms with Crippen molar-refractivity contribution in [3.8, 4) is 11.5 Å². The van der Waals surface area contributed by atoms with Crippen molar-refractivity contribution in [2.75, 3.05) is 25.2 Å². The summed E-state index contributed by atoms with van der Waals surface area (Å²) < 4.78 is 12.9. The molecule has 0 spiro atoms. The normalized spacial score (nSPS) is 16.2. The van der Waals surface area contributed by atoms with E-state index in [1.165, 1.54) is 5.56 Å². The van der Waals surface area contributed by atoms with Crippen LogP contribution in [0.4, 0.5) is 5.82 Å². The topological polar surface area (TPSA) is 76.8 Å². The second-order valence-corrected chi connectivity index (χ2v) is 9.08. The molecular formula is C25H27BN6O2. The first-order valence-corrected chi connectivity index (χ1v) is 11.8. The first-order valence-electron chi connectivity index (χ1n) is 11.8. The molecule has 1 saturated heterocycles. The summed E-state index contributed by atoms with van der Waals surface area (Å²) in [6, 6.07) is 12.5. The molecule has 0 aliphatic carbocycles. The van der Waals surface area contributed by atoms with E-state index in [0.29, 0.717) is 19.3 Å². The molecule has 1 N–H and O–H groups in total. The van der Waals surface area contributed by atoms with E-state index in [1.807, 2.05) is 29.0 Å². The maximum atomic E-state index is 5.54. The Morgan fingerprint density at radius 1 is 1.03 bits per heavy atom. The highest BCUT2D eigenvalue weighted by Crippen LogP contribution is 2.34. The predicted octanol–water partition coefficient (Wildman–Crippen LogP) is 2.10. The molecule has 2 aliphatic rings. The monoisotopic (exact) mass is 454 g/mol. The largest absolute Gasteiger partial charge is 0.454 e. The third-order valence-corrected chi connectivity index (χ3v) is 6.71. The molecule has 4 aromatic rings. The van der Waals surface area contributed by atoms with Gasteiger partial charge in [-0.05, 0) is 60.7 Å². The predicted molar refractivity (Wildman–Crippen MR) is 133 cm³/mol. The van der Waals surface area contributed by atoms with Crippen LogP contribution < -0.4 is 20.3 Å². The standard InChI is InChI=1S/C25H27BN6O2/c26-20-14-29-32-24(28-13-18-2-1-7-27-12-18)11-21(30-25(20)32)19-5-8-31(9-6-19)15-17-3-4-22-23(10-17)34-16-33-22/h1-4,7,10-12,14,19,28H,5-6,8-9,13,15-16,26H2. The molecule has 9 heteroatoms. The maximum Gasteiger partial charge on any atom is 0.231 e. The van der Waals surface area contributed by atoms with E-state index in [4.69, 9.17) is 14.5 Å². The number of ether oxygens (including phenoxy) is 2. The number of likely N-dealkylation sites (tertiary alicyclic amines) is 1. The average Bonchev–Trinajstić information content (AvgIpc) is 3.50. The molecular weight excluding hydrogens is 427 g/mol.